The van der Waals surface area contributed by atoms with Gasteiger partial charge in [-0.15, -0.1) is 0 Å². The molecule has 1 saturated carbocycles. The van der Waals surface area contributed by atoms with Crippen LogP contribution in [0.25, 0.3) is 0 Å². The highest BCUT2D eigenvalue weighted by molar-refractivity contribution is 5.75. The summed E-state index contributed by atoms with van der Waals surface area (Å²) in [4.78, 5) is 11.0. The van der Waals surface area contributed by atoms with Gasteiger partial charge in [-0.05, 0) is 25.2 Å². The molecule has 2 N–H and O–H groups in total. The van der Waals surface area contributed by atoms with Gasteiger partial charge in [-0.25, -0.2) is 0 Å². The van der Waals surface area contributed by atoms with E-state index in [2.05, 4.69) is 17.6 Å². The Balaban J connectivity index is 2.10. The fourth-order valence-electron chi connectivity index (χ4n) is 1.81. The van der Waals surface area contributed by atoms with E-state index >= 15 is 0 Å². The number of nitrogens with one attached hydrogen (secondary N) is 2. The molecule has 1 rings (SSSR count). The van der Waals surface area contributed by atoms with Gasteiger partial charge in [-0.1, -0.05) is 13.3 Å². The van der Waals surface area contributed by atoms with Gasteiger partial charge in [0.2, 0.25) is 5.91 Å². The Kier molecular flexibility index (Phi) is 4.94. The monoisotopic (exact) mass is 198 g/mol. The summed E-state index contributed by atoms with van der Waals surface area (Å²) < 4.78 is 0. The van der Waals surface area contributed by atoms with Crippen molar-refractivity contribution in [3.8, 4) is 0 Å². The van der Waals surface area contributed by atoms with E-state index < -0.39 is 0 Å². The minimum absolute atomic E-state index is 0.128. The number of rotatable bonds is 7. The van der Waals surface area contributed by atoms with E-state index in [1.807, 2.05) is 0 Å². The van der Waals surface area contributed by atoms with Crippen molar-refractivity contribution < 1.29 is 4.79 Å². The second-order valence-electron chi connectivity index (χ2n) is 4.11. The highest BCUT2D eigenvalue weighted by Gasteiger charge is 2.29. The molecule has 1 amide bonds. The van der Waals surface area contributed by atoms with E-state index in [-0.39, 0.29) is 5.91 Å². The molecule has 0 aromatic rings. The molecule has 3 nitrogen and oxygen atoms in total. The predicted molar refractivity (Wildman–Crippen MR) is 58.1 cm³/mol. The second-order valence-corrected chi connectivity index (χ2v) is 4.11. The van der Waals surface area contributed by atoms with Crippen molar-refractivity contribution in [3.05, 3.63) is 0 Å². The van der Waals surface area contributed by atoms with E-state index in [0.29, 0.717) is 12.5 Å². The van der Waals surface area contributed by atoms with Gasteiger partial charge in [0.05, 0.1) is 0 Å². The molecule has 0 saturated heterocycles. The van der Waals surface area contributed by atoms with Crippen molar-refractivity contribution >= 4 is 5.91 Å². The third kappa shape index (κ3) is 4.09. The number of hydrogen-bond donors (Lipinski definition) is 2. The Morgan fingerprint density at radius 1 is 1.50 bits per heavy atom. The molecule has 0 aromatic carbocycles. The number of hydrogen-bond acceptors (Lipinski definition) is 2. The van der Waals surface area contributed by atoms with Crippen LogP contribution in [0.3, 0.4) is 0 Å². The summed E-state index contributed by atoms with van der Waals surface area (Å²) in [6.07, 6.45) is 5.82. The van der Waals surface area contributed by atoms with E-state index in [1.54, 1.807) is 7.05 Å². The molecule has 1 fully saturated rings. The predicted octanol–water partition coefficient (Wildman–Crippen LogP) is 1.29. The first-order valence-corrected chi connectivity index (χ1v) is 5.72. The third-order valence-corrected chi connectivity index (χ3v) is 2.83. The molecule has 0 radical (unpaired) electrons. The van der Waals surface area contributed by atoms with Crippen molar-refractivity contribution in [3.63, 3.8) is 0 Å². The second kappa shape index (κ2) is 6.02. The molecule has 1 atom stereocenters. The molecule has 0 aliphatic heterocycles. The first kappa shape index (κ1) is 11.5. The van der Waals surface area contributed by atoms with E-state index in [0.717, 1.165) is 12.5 Å². The van der Waals surface area contributed by atoms with Crippen LogP contribution < -0.4 is 10.6 Å². The maximum absolute atomic E-state index is 11.0. The van der Waals surface area contributed by atoms with Gasteiger partial charge < -0.3 is 10.6 Å². The molecule has 0 aromatic heterocycles. The normalized spacial score (nSPS) is 17.9. The summed E-state index contributed by atoms with van der Waals surface area (Å²) in [6.45, 7) is 3.04. The summed E-state index contributed by atoms with van der Waals surface area (Å²) in [5.41, 5.74) is 0. The van der Waals surface area contributed by atoms with Gasteiger partial charge in [-0.3, -0.25) is 4.79 Å². The molecule has 3 heteroatoms. The molecule has 82 valence electrons. The van der Waals surface area contributed by atoms with Crippen LogP contribution >= 0.6 is 0 Å². The largest absolute Gasteiger partial charge is 0.359 e. The van der Waals surface area contributed by atoms with Crippen LogP contribution in [0.4, 0.5) is 0 Å². The lowest BCUT2D eigenvalue weighted by atomic mass is 10.1. The first-order valence-electron chi connectivity index (χ1n) is 5.72. The fourth-order valence-corrected chi connectivity index (χ4v) is 1.81. The van der Waals surface area contributed by atoms with E-state index in [9.17, 15) is 4.79 Å². The molecule has 1 aliphatic carbocycles. The lowest BCUT2D eigenvalue weighted by molar-refractivity contribution is -0.120. The summed E-state index contributed by atoms with van der Waals surface area (Å²) in [6, 6.07) is 0.657. The van der Waals surface area contributed by atoms with Crippen LogP contribution in [0.15, 0.2) is 0 Å². The van der Waals surface area contributed by atoms with Crippen LogP contribution in [0, 0.1) is 5.92 Å². The molecule has 1 unspecified atom stereocenters. The van der Waals surface area contributed by atoms with Crippen LogP contribution in [-0.2, 0) is 4.79 Å². The first-order chi connectivity index (χ1) is 6.77. The Bertz CT molecular complexity index is 178. The van der Waals surface area contributed by atoms with Crippen molar-refractivity contribution in [2.24, 2.45) is 5.92 Å². The molecular formula is C11H22N2O. The van der Waals surface area contributed by atoms with E-state index in [4.69, 9.17) is 0 Å². The highest BCUT2D eigenvalue weighted by atomic mass is 16.1. The highest BCUT2D eigenvalue weighted by Crippen LogP contribution is 2.34. The van der Waals surface area contributed by atoms with Crippen molar-refractivity contribution in [2.45, 2.75) is 45.1 Å². The Hall–Kier alpha value is -0.570. The standard InChI is InChI=1S/C11H22N2O/c1-3-4-10(9-5-6-9)13-8-7-11(14)12-2/h9-10,13H,3-8H2,1-2H3,(H,12,14). The van der Waals surface area contributed by atoms with Crippen LogP contribution in [0.2, 0.25) is 0 Å². The molecular weight excluding hydrogens is 176 g/mol. The summed E-state index contributed by atoms with van der Waals surface area (Å²) >= 11 is 0. The quantitative estimate of drug-likeness (QED) is 0.647. The SMILES string of the molecule is CCCC(NCCC(=O)NC)C1CC1. The molecule has 0 spiro atoms. The maximum atomic E-state index is 11.0. The van der Waals surface area contributed by atoms with Gasteiger partial charge >= 0.3 is 0 Å². The number of carbonyl (C=O) groups is 1. The summed E-state index contributed by atoms with van der Waals surface area (Å²) in [7, 11) is 1.69. The lowest BCUT2D eigenvalue weighted by Crippen LogP contribution is -2.34. The van der Waals surface area contributed by atoms with Crippen molar-refractivity contribution in [1.82, 2.24) is 10.6 Å². The van der Waals surface area contributed by atoms with Gasteiger partial charge in [-0.2, -0.15) is 0 Å². The lowest BCUT2D eigenvalue weighted by Gasteiger charge is -2.16. The van der Waals surface area contributed by atoms with Gasteiger partial charge in [0, 0.05) is 26.1 Å². The molecule has 0 bridgehead atoms. The number of amides is 1. The van der Waals surface area contributed by atoms with Crippen LogP contribution in [-0.4, -0.2) is 25.5 Å². The number of carbonyl (C=O) groups excluding carboxylic acids is 1. The minimum Gasteiger partial charge on any atom is -0.359 e. The third-order valence-electron chi connectivity index (χ3n) is 2.83. The minimum atomic E-state index is 0.128. The van der Waals surface area contributed by atoms with Crippen LogP contribution in [0.5, 0.6) is 0 Å². The van der Waals surface area contributed by atoms with Gasteiger partial charge in [0.25, 0.3) is 0 Å². The van der Waals surface area contributed by atoms with Crippen molar-refractivity contribution in [1.29, 1.82) is 0 Å². The Labute approximate surface area is 86.6 Å². The average molecular weight is 198 g/mol. The zero-order valence-corrected chi connectivity index (χ0v) is 9.31. The topological polar surface area (TPSA) is 41.1 Å². The fraction of sp³-hybridized carbons (Fsp3) is 0.909. The zero-order valence-electron chi connectivity index (χ0n) is 9.31. The van der Waals surface area contributed by atoms with Gasteiger partial charge in [0.1, 0.15) is 0 Å². The maximum Gasteiger partial charge on any atom is 0.221 e. The Morgan fingerprint density at radius 2 is 2.21 bits per heavy atom. The summed E-state index contributed by atoms with van der Waals surface area (Å²) in [5.74, 6) is 1.02. The van der Waals surface area contributed by atoms with Gasteiger partial charge in [0.15, 0.2) is 0 Å². The van der Waals surface area contributed by atoms with E-state index in [1.165, 1.54) is 25.7 Å². The molecule has 0 heterocycles. The molecule has 1 aliphatic rings. The molecule has 14 heavy (non-hydrogen) atoms. The summed E-state index contributed by atoms with van der Waals surface area (Å²) in [5, 5.41) is 6.12. The Morgan fingerprint density at radius 3 is 2.71 bits per heavy atom. The van der Waals surface area contributed by atoms with Crippen LogP contribution in [0.1, 0.15) is 39.0 Å². The van der Waals surface area contributed by atoms with Crippen molar-refractivity contribution in [2.75, 3.05) is 13.6 Å². The smallest absolute Gasteiger partial charge is 0.221 e. The average Bonchev–Trinajstić information content (AvgIpc) is 2.99. The zero-order chi connectivity index (χ0) is 10.4.